The fourth-order valence-electron chi connectivity index (χ4n) is 2.17. The monoisotopic (exact) mass is 290 g/mol. The van der Waals surface area contributed by atoms with Crippen molar-refractivity contribution >= 4 is 23.2 Å². The van der Waals surface area contributed by atoms with Crippen molar-refractivity contribution in [2.75, 3.05) is 27.4 Å². The topological polar surface area (TPSA) is 27.7 Å². The Morgan fingerprint density at radius 1 is 1.33 bits per heavy atom. The van der Waals surface area contributed by atoms with Gasteiger partial charge in [0.15, 0.2) is 0 Å². The molecule has 1 aromatic carbocycles. The van der Waals surface area contributed by atoms with Crippen molar-refractivity contribution in [3.05, 3.63) is 22.7 Å². The van der Waals surface area contributed by atoms with E-state index >= 15 is 0 Å². The minimum atomic E-state index is -0.161. The minimum absolute atomic E-state index is 0.161. The lowest BCUT2D eigenvalue weighted by Crippen LogP contribution is -2.09. The first kappa shape index (κ1) is 13.8. The van der Waals surface area contributed by atoms with Gasteiger partial charge in [0.2, 0.25) is 0 Å². The van der Waals surface area contributed by atoms with Gasteiger partial charge in [0.1, 0.15) is 16.5 Å². The molecule has 0 radical (unpaired) electrons. The smallest absolute Gasteiger partial charge is 0.145 e. The number of alkyl halides is 1. The van der Waals surface area contributed by atoms with Gasteiger partial charge in [-0.05, 0) is 12.5 Å². The highest BCUT2D eigenvalue weighted by atomic mass is 35.5. The molecular formula is C13H16Cl2O3. The van der Waals surface area contributed by atoms with Crippen molar-refractivity contribution in [2.24, 2.45) is 5.92 Å². The summed E-state index contributed by atoms with van der Waals surface area (Å²) in [6, 6.07) is 3.71. The summed E-state index contributed by atoms with van der Waals surface area (Å²) in [7, 11) is 3.15. The first-order valence-corrected chi connectivity index (χ1v) is 6.62. The Bertz CT molecular complexity index is 417. The van der Waals surface area contributed by atoms with E-state index in [1.54, 1.807) is 14.2 Å². The molecule has 100 valence electrons. The standard InChI is InChI=1S/C13H16Cl2O3/c1-16-10-4-3-9(13(17-2)12(10)15)11(14)8-5-6-18-7-8/h3-4,8,11H,5-7H2,1-2H3. The number of hydrogen-bond donors (Lipinski definition) is 0. The minimum Gasteiger partial charge on any atom is -0.495 e. The summed E-state index contributed by atoms with van der Waals surface area (Å²) < 4.78 is 15.9. The Morgan fingerprint density at radius 2 is 2.11 bits per heavy atom. The van der Waals surface area contributed by atoms with Gasteiger partial charge in [-0.15, -0.1) is 11.6 Å². The number of rotatable bonds is 4. The summed E-state index contributed by atoms with van der Waals surface area (Å²) in [5.41, 5.74) is 0.889. The molecule has 2 unspecified atom stereocenters. The molecule has 18 heavy (non-hydrogen) atoms. The summed E-state index contributed by atoms with van der Waals surface area (Å²) in [6.07, 6.45) is 0.959. The van der Waals surface area contributed by atoms with Crippen LogP contribution in [-0.2, 0) is 4.74 Å². The van der Waals surface area contributed by atoms with Gasteiger partial charge in [-0.3, -0.25) is 0 Å². The SMILES string of the molecule is COc1ccc(C(Cl)C2CCOC2)c(OC)c1Cl. The van der Waals surface area contributed by atoms with E-state index in [1.165, 1.54) is 0 Å². The highest BCUT2D eigenvalue weighted by molar-refractivity contribution is 6.34. The third-order valence-corrected chi connectivity index (χ3v) is 4.14. The molecule has 0 spiro atoms. The first-order valence-electron chi connectivity index (χ1n) is 5.81. The Hall–Kier alpha value is -0.640. The van der Waals surface area contributed by atoms with Gasteiger partial charge in [0, 0.05) is 18.1 Å². The molecule has 0 bridgehead atoms. The van der Waals surface area contributed by atoms with Crippen LogP contribution in [0.5, 0.6) is 11.5 Å². The van der Waals surface area contributed by atoms with Crippen molar-refractivity contribution in [1.29, 1.82) is 0 Å². The number of hydrogen-bond acceptors (Lipinski definition) is 3. The van der Waals surface area contributed by atoms with Crippen molar-refractivity contribution in [2.45, 2.75) is 11.8 Å². The second-order valence-corrected chi connectivity index (χ2v) is 5.08. The van der Waals surface area contributed by atoms with E-state index in [0.717, 1.165) is 18.6 Å². The van der Waals surface area contributed by atoms with Gasteiger partial charge in [-0.2, -0.15) is 0 Å². The number of benzene rings is 1. The molecule has 0 aliphatic carbocycles. The van der Waals surface area contributed by atoms with Gasteiger partial charge < -0.3 is 14.2 Å². The molecular weight excluding hydrogens is 275 g/mol. The molecule has 3 nitrogen and oxygen atoms in total. The zero-order valence-electron chi connectivity index (χ0n) is 10.4. The lowest BCUT2D eigenvalue weighted by molar-refractivity contribution is 0.185. The predicted octanol–water partition coefficient (Wildman–Crippen LogP) is 3.67. The fraction of sp³-hybridized carbons (Fsp3) is 0.538. The third-order valence-electron chi connectivity index (χ3n) is 3.19. The molecule has 0 N–H and O–H groups in total. The average Bonchev–Trinajstić information content (AvgIpc) is 2.91. The second kappa shape index (κ2) is 6.00. The van der Waals surface area contributed by atoms with E-state index in [1.807, 2.05) is 12.1 Å². The molecule has 0 saturated carbocycles. The van der Waals surface area contributed by atoms with Crippen LogP contribution in [0, 0.1) is 5.92 Å². The molecule has 0 amide bonds. The van der Waals surface area contributed by atoms with Gasteiger partial charge in [0.05, 0.1) is 26.2 Å². The average molecular weight is 291 g/mol. The summed E-state index contributed by atoms with van der Waals surface area (Å²) >= 11 is 12.7. The zero-order chi connectivity index (χ0) is 13.1. The molecule has 1 fully saturated rings. The van der Waals surface area contributed by atoms with Crippen LogP contribution in [0.25, 0.3) is 0 Å². The maximum Gasteiger partial charge on any atom is 0.145 e. The van der Waals surface area contributed by atoms with E-state index in [-0.39, 0.29) is 5.38 Å². The highest BCUT2D eigenvalue weighted by Gasteiger charge is 2.29. The maximum absolute atomic E-state index is 6.50. The van der Waals surface area contributed by atoms with E-state index in [0.29, 0.717) is 29.0 Å². The Kier molecular flexibility index (Phi) is 4.60. The van der Waals surface area contributed by atoms with Crippen LogP contribution in [0.2, 0.25) is 5.02 Å². The van der Waals surface area contributed by atoms with E-state index < -0.39 is 0 Å². The lowest BCUT2D eigenvalue weighted by atomic mass is 9.97. The molecule has 2 atom stereocenters. The van der Waals surface area contributed by atoms with Gasteiger partial charge in [0.25, 0.3) is 0 Å². The normalized spacial score (nSPS) is 20.8. The van der Waals surface area contributed by atoms with Crippen molar-refractivity contribution in [3.63, 3.8) is 0 Å². The fourth-order valence-corrected chi connectivity index (χ4v) is 2.87. The van der Waals surface area contributed by atoms with Crippen LogP contribution in [0.15, 0.2) is 12.1 Å². The second-order valence-electron chi connectivity index (χ2n) is 4.23. The Balaban J connectivity index is 2.34. The molecule has 1 heterocycles. The summed E-state index contributed by atoms with van der Waals surface area (Å²) in [5.74, 6) is 1.47. The zero-order valence-corrected chi connectivity index (χ0v) is 11.9. The van der Waals surface area contributed by atoms with Gasteiger partial charge in [-0.1, -0.05) is 17.7 Å². The van der Waals surface area contributed by atoms with Crippen LogP contribution in [0.3, 0.4) is 0 Å². The first-order chi connectivity index (χ1) is 8.69. The van der Waals surface area contributed by atoms with E-state index in [2.05, 4.69) is 0 Å². The van der Waals surface area contributed by atoms with Crippen molar-refractivity contribution < 1.29 is 14.2 Å². The van der Waals surface area contributed by atoms with Gasteiger partial charge >= 0.3 is 0 Å². The number of ether oxygens (including phenoxy) is 3. The highest BCUT2D eigenvalue weighted by Crippen LogP contribution is 2.44. The summed E-state index contributed by atoms with van der Waals surface area (Å²) in [4.78, 5) is 0. The molecule has 2 rings (SSSR count). The predicted molar refractivity (Wildman–Crippen MR) is 72.1 cm³/mol. The molecule has 1 aromatic rings. The third kappa shape index (κ3) is 2.53. The van der Waals surface area contributed by atoms with Crippen LogP contribution < -0.4 is 9.47 Å². The Morgan fingerprint density at radius 3 is 2.67 bits per heavy atom. The van der Waals surface area contributed by atoms with E-state index in [4.69, 9.17) is 37.4 Å². The van der Waals surface area contributed by atoms with Crippen LogP contribution >= 0.6 is 23.2 Å². The van der Waals surface area contributed by atoms with Crippen LogP contribution in [0.4, 0.5) is 0 Å². The number of methoxy groups -OCH3 is 2. The Labute approximate surface area is 117 Å². The maximum atomic E-state index is 6.50. The van der Waals surface area contributed by atoms with Gasteiger partial charge in [-0.25, -0.2) is 0 Å². The molecule has 1 aliphatic heterocycles. The molecule has 1 saturated heterocycles. The largest absolute Gasteiger partial charge is 0.495 e. The van der Waals surface area contributed by atoms with E-state index in [9.17, 15) is 0 Å². The summed E-state index contributed by atoms with van der Waals surface area (Å²) in [6.45, 7) is 1.45. The molecule has 5 heteroatoms. The van der Waals surface area contributed by atoms with Crippen molar-refractivity contribution in [1.82, 2.24) is 0 Å². The van der Waals surface area contributed by atoms with Crippen LogP contribution in [0.1, 0.15) is 17.4 Å². The van der Waals surface area contributed by atoms with Crippen molar-refractivity contribution in [3.8, 4) is 11.5 Å². The molecule has 0 aromatic heterocycles. The van der Waals surface area contributed by atoms with Crippen LogP contribution in [-0.4, -0.2) is 27.4 Å². The molecule has 1 aliphatic rings. The summed E-state index contributed by atoms with van der Waals surface area (Å²) in [5, 5.41) is 0.299. The lowest BCUT2D eigenvalue weighted by Gasteiger charge is -2.20. The number of halogens is 2. The quantitative estimate of drug-likeness (QED) is 0.792.